The maximum Gasteiger partial charge on any atom is 0.407 e. The zero-order valence-corrected chi connectivity index (χ0v) is 19.5. The number of aliphatic carboxylic acids is 1. The first kappa shape index (κ1) is 23.4. The van der Waals surface area contributed by atoms with Crippen molar-refractivity contribution in [2.45, 2.75) is 43.7 Å². The number of benzene rings is 2. The van der Waals surface area contributed by atoms with E-state index in [1.54, 1.807) is 4.90 Å². The first-order chi connectivity index (χ1) is 17.0. The van der Waals surface area contributed by atoms with Gasteiger partial charge in [0.25, 0.3) is 5.91 Å². The normalized spacial score (nSPS) is 23.1. The average Bonchev–Trinajstić information content (AvgIpc) is 3.58. The number of hydrogen-bond donors (Lipinski definition) is 2. The van der Waals surface area contributed by atoms with Crippen LogP contribution in [0.4, 0.5) is 4.79 Å². The number of fused-ring (bicyclic) bond motifs is 3. The van der Waals surface area contributed by atoms with E-state index in [0.717, 1.165) is 17.5 Å². The summed E-state index contributed by atoms with van der Waals surface area (Å²) in [6.45, 7) is 1.48. The third kappa shape index (κ3) is 4.75. The lowest BCUT2D eigenvalue weighted by Crippen LogP contribution is -2.46. The highest BCUT2D eigenvalue weighted by Crippen LogP contribution is 2.44. The van der Waals surface area contributed by atoms with E-state index in [1.807, 2.05) is 24.3 Å². The van der Waals surface area contributed by atoms with Gasteiger partial charge in [0.15, 0.2) is 0 Å². The minimum Gasteiger partial charge on any atom is -0.481 e. The summed E-state index contributed by atoms with van der Waals surface area (Å²) in [5, 5.41) is 12.0. The van der Waals surface area contributed by atoms with E-state index in [0.29, 0.717) is 26.0 Å². The smallest absolute Gasteiger partial charge is 0.407 e. The second-order valence-corrected chi connectivity index (χ2v) is 9.47. The molecule has 2 aliphatic heterocycles. The van der Waals surface area contributed by atoms with Gasteiger partial charge >= 0.3 is 12.1 Å². The molecule has 2 fully saturated rings. The molecule has 2 aromatic carbocycles. The zero-order valence-electron chi connectivity index (χ0n) is 19.5. The van der Waals surface area contributed by atoms with Gasteiger partial charge in [0.1, 0.15) is 12.7 Å². The number of carbonyl (C=O) groups excluding carboxylic acids is 2. The molecule has 1 unspecified atom stereocenters. The Morgan fingerprint density at radius 3 is 2.40 bits per heavy atom. The number of nitrogens with one attached hydrogen (secondary N) is 1. The number of alkyl carbamates (subject to hydrolysis) is 1. The predicted molar refractivity (Wildman–Crippen MR) is 128 cm³/mol. The predicted octanol–water partition coefficient (Wildman–Crippen LogP) is 3.40. The summed E-state index contributed by atoms with van der Waals surface area (Å²) in [5.74, 6) is -1.27. The number of ether oxygens (including phenoxy) is 2. The van der Waals surface area contributed by atoms with Crippen molar-refractivity contribution in [2.24, 2.45) is 5.92 Å². The van der Waals surface area contributed by atoms with Gasteiger partial charge in [-0.05, 0) is 41.5 Å². The van der Waals surface area contributed by atoms with Gasteiger partial charge in [-0.15, -0.1) is 0 Å². The zero-order chi connectivity index (χ0) is 24.4. The van der Waals surface area contributed by atoms with Crippen molar-refractivity contribution < 1.29 is 29.0 Å². The van der Waals surface area contributed by atoms with Gasteiger partial charge in [-0.1, -0.05) is 48.5 Å². The second kappa shape index (κ2) is 10.1. The number of nitrogens with zero attached hydrogens (tertiary/aromatic N) is 1. The van der Waals surface area contributed by atoms with Crippen molar-refractivity contribution in [3.63, 3.8) is 0 Å². The monoisotopic (exact) mass is 478 g/mol. The molecule has 0 saturated carbocycles. The first-order valence-corrected chi connectivity index (χ1v) is 12.3. The molecule has 1 aliphatic carbocycles. The van der Waals surface area contributed by atoms with Crippen LogP contribution in [0.1, 0.15) is 42.7 Å². The molecular formula is C27H30N2O6. The van der Waals surface area contributed by atoms with Crippen molar-refractivity contribution in [2.75, 3.05) is 26.3 Å². The van der Waals surface area contributed by atoms with Crippen LogP contribution in [0.5, 0.6) is 0 Å². The van der Waals surface area contributed by atoms with Crippen molar-refractivity contribution in [3.05, 3.63) is 59.7 Å². The highest BCUT2D eigenvalue weighted by atomic mass is 16.5. The molecule has 0 aromatic heterocycles. The quantitative estimate of drug-likeness (QED) is 0.632. The molecule has 35 heavy (non-hydrogen) atoms. The minimum atomic E-state index is -0.907. The first-order valence-electron chi connectivity index (χ1n) is 12.3. The minimum absolute atomic E-state index is 0.0152. The number of carboxylic acids is 1. The summed E-state index contributed by atoms with van der Waals surface area (Å²) in [5.41, 5.74) is 4.64. The highest BCUT2D eigenvalue weighted by Gasteiger charge is 2.41. The Bertz CT molecular complexity index is 1070. The molecule has 184 valence electrons. The maximum atomic E-state index is 13.1. The third-order valence-corrected chi connectivity index (χ3v) is 7.38. The van der Waals surface area contributed by atoms with E-state index in [4.69, 9.17) is 14.6 Å². The molecule has 0 spiro atoms. The largest absolute Gasteiger partial charge is 0.481 e. The molecular weight excluding hydrogens is 448 g/mol. The molecule has 0 bridgehead atoms. The Morgan fingerprint density at radius 2 is 1.71 bits per heavy atom. The molecule has 2 amide bonds. The summed E-state index contributed by atoms with van der Waals surface area (Å²) in [4.78, 5) is 38.4. The van der Waals surface area contributed by atoms with Gasteiger partial charge in [-0.25, -0.2) is 4.79 Å². The second-order valence-electron chi connectivity index (χ2n) is 9.47. The molecule has 3 aliphatic rings. The molecule has 3 atom stereocenters. The molecule has 5 rings (SSSR count). The van der Waals surface area contributed by atoms with Gasteiger partial charge in [0.05, 0.1) is 6.42 Å². The summed E-state index contributed by atoms with van der Waals surface area (Å²) >= 11 is 0. The van der Waals surface area contributed by atoms with Crippen molar-refractivity contribution in [1.29, 1.82) is 0 Å². The van der Waals surface area contributed by atoms with E-state index in [2.05, 4.69) is 29.6 Å². The Balaban J connectivity index is 1.16. The molecule has 2 saturated heterocycles. The van der Waals surface area contributed by atoms with Crippen LogP contribution in [-0.4, -0.2) is 66.4 Å². The Kier molecular flexibility index (Phi) is 6.72. The lowest BCUT2D eigenvalue weighted by molar-refractivity contribution is -0.145. The fraction of sp³-hybridized carbons (Fsp3) is 0.444. The molecule has 2 heterocycles. The summed E-state index contributed by atoms with van der Waals surface area (Å²) in [6.07, 6.45) is 0.888. The van der Waals surface area contributed by atoms with Crippen LogP contribution in [0.15, 0.2) is 48.5 Å². The highest BCUT2D eigenvalue weighted by molar-refractivity contribution is 5.83. The topological polar surface area (TPSA) is 105 Å². The maximum absolute atomic E-state index is 13.1. The van der Waals surface area contributed by atoms with E-state index in [-0.39, 0.29) is 43.4 Å². The summed E-state index contributed by atoms with van der Waals surface area (Å²) in [7, 11) is 0. The van der Waals surface area contributed by atoms with Crippen LogP contribution in [0.25, 0.3) is 11.1 Å². The fourth-order valence-electron chi connectivity index (χ4n) is 5.68. The molecule has 8 heteroatoms. The van der Waals surface area contributed by atoms with Crippen LogP contribution in [0, 0.1) is 5.92 Å². The molecule has 2 aromatic rings. The van der Waals surface area contributed by atoms with Crippen molar-refractivity contribution in [3.8, 4) is 11.1 Å². The number of rotatable bonds is 7. The van der Waals surface area contributed by atoms with Gasteiger partial charge in [-0.3, -0.25) is 9.59 Å². The van der Waals surface area contributed by atoms with Crippen LogP contribution in [0.3, 0.4) is 0 Å². The molecule has 2 N–H and O–H groups in total. The van der Waals surface area contributed by atoms with E-state index in [1.165, 1.54) is 11.1 Å². The van der Waals surface area contributed by atoms with Gasteiger partial charge in [0.2, 0.25) is 0 Å². The van der Waals surface area contributed by atoms with E-state index in [9.17, 15) is 14.4 Å². The van der Waals surface area contributed by atoms with Crippen molar-refractivity contribution in [1.82, 2.24) is 10.2 Å². The lowest BCUT2D eigenvalue weighted by Gasteiger charge is -2.28. The lowest BCUT2D eigenvalue weighted by atomic mass is 9.98. The van der Waals surface area contributed by atoms with Crippen LogP contribution in [0.2, 0.25) is 0 Å². The molecule has 0 radical (unpaired) electrons. The Labute approximate surface area is 204 Å². The summed E-state index contributed by atoms with van der Waals surface area (Å²) < 4.78 is 11.3. The number of carboxylic acid groups (broad SMARTS) is 1. The number of hydrogen-bond acceptors (Lipinski definition) is 5. The van der Waals surface area contributed by atoms with Gasteiger partial charge in [0, 0.05) is 37.6 Å². The SMILES string of the molecule is O=C(O)CC1CCCN1C(=O)[C@@H]1OCC[C@@H]1CNC(=O)OCC1c2ccccc2-c2ccccc21. The Morgan fingerprint density at radius 1 is 1.03 bits per heavy atom. The van der Waals surface area contributed by atoms with Gasteiger partial charge in [-0.2, -0.15) is 0 Å². The summed E-state index contributed by atoms with van der Waals surface area (Å²) in [6, 6.07) is 16.1. The molecule has 8 nitrogen and oxygen atoms in total. The van der Waals surface area contributed by atoms with Crippen LogP contribution >= 0.6 is 0 Å². The number of amides is 2. The van der Waals surface area contributed by atoms with Crippen LogP contribution < -0.4 is 5.32 Å². The Hall–Kier alpha value is -3.39. The van der Waals surface area contributed by atoms with E-state index < -0.39 is 18.2 Å². The third-order valence-electron chi connectivity index (χ3n) is 7.38. The van der Waals surface area contributed by atoms with Crippen LogP contribution in [-0.2, 0) is 19.1 Å². The van der Waals surface area contributed by atoms with Gasteiger partial charge < -0.3 is 24.8 Å². The number of carbonyl (C=O) groups is 3. The fourth-order valence-corrected chi connectivity index (χ4v) is 5.68. The van der Waals surface area contributed by atoms with Crippen molar-refractivity contribution >= 4 is 18.0 Å². The number of likely N-dealkylation sites (tertiary alicyclic amines) is 1. The average molecular weight is 479 g/mol. The van der Waals surface area contributed by atoms with E-state index >= 15 is 0 Å². The standard InChI is InChI=1S/C27H30N2O6/c30-24(31)14-18-6-5-12-29(18)26(32)25-17(11-13-34-25)15-28-27(33)35-16-23-21-9-3-1-7-19(21)20-8-2-4-10-22(20)23/h1-4,7-10,17-18,23,25H,5-6,11-16H2,(H,28,33)(H,30,31)/t17-,18?,25-/m1/s1.